The van der Waals surface area contributed by atoms with Crippen molar-refractivity contribution in [3.05, 3.63) is 56.0 Å². The third kappa shape index (κ3) is 2.03. The molecule has 0 saturated heterocycles. The Hall–Kier alpha value is -1.77. The Morgan fingerprint density at radius 2 is 2.21 bits per heavy atom. The van der Waals surface area contributed by atoms with Crippen LogP contribution >= 0.6 is 27.3 Å². The van der Waals surface area contributed by atoms with Gasteiger partial charge in [-0.05, 0) is 33.5 Å². The molecule has 92 valence electrons. The number of hydrogen-bond acceptors (Lipinski definition) is 4. The molecule has 0 aliphatic heterocycles. The minimum absolute atomic E-state index is 0.114. The van der Waals surface area contributed by atoms with E-state index in [1.165, 1.54) is 11.3 Å². The fourth-order valence-corrected chi connectivity index (χ4v) is 3.42. The van der Waals surface area contributed by atoms with E-state index in [4.69, 9.17) is 5.26 Å². The number of carbonyl (C=O) groups is 1. The molecule has 0 fully saturated rings. The van der Waals surface area contributed by atoms with Crippen LogP contribution in [0.2, 0.25) is 0 Å². The largest absolute Gasteiger partial charge is 0.286 e. The van der Waals surface area contributed by atoms with Crippen LogP contribution in [0.5, 0.6) is 0 Å². The summed E-state index contributed by atoms with van der Waals surface area (Å²) >= 11 is 4.45. The minimum atomic E-state index is -0.114. The number of benzene rings is 1. The molecule has 3 nitrogen and oxygen atoms in total. The van der Waals surface area contributed by atoms with Crippen molar-refractivity contribution in [1.82, 2.24) is 4.98 Å². The summed E-state index contributed by atoms with van der Waals surface area (Å²) in [5, 5.41) is 9.23. The van der Waals surface area contributed by atoms with Gasteiger partial charge in [0.05, 0.1) is 0 Å². The Labute approximate surface area is 122 Å². The van der Waals surface area contributed by atoms with E-state index in [0.717, 1.165) is 17.5 Å². The normalized spacial score (nSPS) is 12.7. The van der Waals surface area contributed by atoms with Gasteiger partial charge in [0, 0.05) is 5.57 Å². The molecule has 1 aliphatic rings. The van der Waals surface area contributed by atoms with Crippen LogP contribution < -0.4 is 0 Å². The van der Waals surface area contributed by atoms with Crippen LogP contribution in [-0.2, 0) is 6.42 Å². The molecular formula is C14H7BrN2OS. The Morgan fingerprint density at radius 3 is 2.95 bits per heavy atom. The first-order chi connectivity index (χ1) is 9.20. The molecule has 2 aromatic rings. The number of rotatable bonds is 2. The van der Waals surface area contributed by atoms with E-state index >= 15 is 0 Å². The molecule has 1 aromatic carbocycles. The first kappa shape index (κ1) is 12.3. The zero-order chi connectivity index (χ0) is 13.4. The summed E-state index contributed by atoms with van der Waals surface area (Å²) in [6.07, 6.45) is 2.70. The maximum Gasteiger partial charge on any atom is 0.221 e. The van der Waals surface area contributed by atoms with E-state index < -0.39 is 0 Å². The number of hydrogen-bond donors (Lipinski definition) is 0. The highest BCUT2D eigenvalue weighted by molar-refractivity contribution is 9.11. The highest BCUT2D eigenvalue weighted by Gasteiger charge is 2.24. The monoisotopic (exact) mass is 330 g/mol. The SMILES string of the molecule is N#Cc1nc(C(=O)C2=CCc3ccccc32)sc1Br. The van der Waals surface area contributed by atoms with Gasteiger partial charge in [0.1, 0.15) is 9.86 Å². The number of aromatic nitrogens is 1. The third-order valence-electron chi connectivity index (χ3n) is 2.96. The van der Waals surface area contributed by atoms with Gasteiger partial charge in [0.25, 0.3) is 0 Å². The maximum absolute atomic E-state index is 12.4. The second-order valence-electron chi connectivity index (χ2n) is 4.06. The summed E-state index contributed by atoms with van der Waals surface area (Å²) in [6.45, 7) is 0. The molecule has 19 heavy (non-hydrogen) atoms. The van der Waals surface area contributed by atoms with Gasteiger partial charge >= 0.3 is 0 Å². The van der Waals surface area contributed by atoms with Gasteiger partial charge in [-0.2, -0.15) is 5.26 Å². The Morgan fingerprint density at radius 1 is 1.42 bits per heavy atom. The van der Waals surface area contributed by atoms with Crippen LogP contribution in [0.1, 0.15) is 26.6 Å². The van der Waals surface area contributed by atoms with Crippen LogP contribution in [0.3, 0.4) is 0 Å². The summed E-state index contributed by atoms with van der Waals surface area (Å²) in [5.41, 5.74) is 3.07. The highest BCUT2D eigenvalue weighted by atomic mass is 79.9. The summed E-state index contributed by atoms with van der Waals surface area (Å²) in [4.78, 5) is 16.5. The van der Waals surface area contributed by atoms with Crippen molar-refractivity contribution in [2.45, 2.75) is 6.42 Å². The van der Waals surface area contributed by atoms with Gasteiger partial charge < -0.3 is 0 Å². The molecule has 0 saturated carbocycles. The number of ketones is 1. The molecule has 5 heteroatoms. The average molecular weight is 331 g/mol. The van der Waals surface area contributed by atoms with Crippen molar-refractivity contribution in [2.75, 3.05) is 0 Å². The van der Waals surface area contributed by atoms with Gasteiger partial charge in [0.2, 0.25) is 5.78 Å². The maximum atomic E-state index is 12.4. The second-order valence-corrected chi connectivity index (χ2v) is 6.38. The molecular weight excluding hydrogens is 324 g/mol. The fourth-order valence-electron chi connectivity index (χ4n) is 2.08. The smallest absolute Gasteiger partial charge is 0.221 e. The lowest BCUT2D eigenvalue weighted by atomic mass is 10.0. The number of nitrogens with zero attached hydrogens (tertiary/aromatic N) is 2. The molecule has 0 radical (unpaired) electrons. The standard InChI is InChI=1S/C14H7BrN2OS/c15-13-11(7-16)17-14(19-13)12(18)10-6-5-8-3-1-2-4-9(8)10/h1-4,6H,5H2. The lowest BCUT2D eigenvalue weighted by molar-refractivity contribution is 0.105. The quantitative estimate of drug-likeness (QED) is 0.790. The van der Waals surface area contributed by atoms with Crippen molar-refractivity contribution >= 4 is 38.6 Å². The molecule has 0 atom stereocenters. The zero-order valence-corrected chi connectivity index (χ0v) is 12.1. The lowest BCUT2D eigenvalue weighted by Gasteiger charge is -2.02. The van der Waals surface area contributed by atoms with Crippen molar-refractivity contribution in [3.8, 4) is 6.07 Å². The number of carbonyl (C=O) groups excluding carboxylic acids is 1. The van der Waals surface area contributed by atoms with Gasteiger partial charge in [0.15, 0.2) is 10.7 Å². The topological polar surface area (TPSA) is 53.8 Å². The molecule has 1 heterocycles. The van der Waals surface area contributed by atoms with E-state index in [9.17, 15) is 4.79 Å². The van der Waals surface area contributed by atoms with E-state index in [-0.39, 0.29) is 11.5 Å². The van der Waals surface area contributed by atoms with Gasteiger partial charge in [-0.25, -0.2) is 4.98 Å². The predicted octanol–water partition coefficient (Wildman–Crippen LogP) is 3.60. The van der Waals surface area contributed by atoms with Crippen LogP contribution in [0, 0.1) is 11.3 Å². The molecule has 1 aromatic heterocycles. The second kappa shape index (κ2) is 4.72. The number of allylic oxidation sites excluding steroid dienone is 2. The first-order valence-corrected chi connectivity index (χ1v) is 7.21. The molecule has 0 spiro atoms. The van der Waals surface area contributed by atoms with Crippen LogP contribution in [0.15, 0.2) is 34.1 Å². The Kier molecular flexibility index (Phi) is 3.05. The van der Waals surface area contributed by atoms with E-state index in [0.29, 0.717) is 14.4 Å². The van der Waals surface area contributed by atoms with Gasteiger partial charge in [-0.15, -0.1) is 11.3 Å². The molecule has 0 amide bonds. The number of halogens is 1. The Bertz CT molecular complexity index is 755. The molecule has 0 unspecified atom stereocenters. The zero-order valence-electron chi connectivity index (χ0n) is 9.68. The summed E-state index contributed by atoms with van der Waals surface area (Å²) in [6, 6.07) is 9.81. The van der Waals surface area contributed by atoms with E-state index in [1.807, 2.05) is 36.4 Å². The molecule has 3 rings (SSSR count). The van der Waals surface area contributed by atoms with Gasteiger partial charge in [-0.3, -0.25) is 4.79 Å². The van der Waals surface area contributed by atoms with Gasteiger partial charge in [-0.1, -0.05) is 30.3 Å². The molecule has 0 bridgehead atoms. The van der Waals surface area contributed by atoms with Crippen LogP contribution in [0.4, 0.5) is 0 Å². The predicted molar refractivity (Wildman–Crippen MR) is 77.0 cm³/mol. The first-order valence-electron chi connectivity index (χ1n) is 5.60. The van der Waals surface area contributed by atoms with Crippen molar-refractivity contribution < 1.29 is 4.79 Å². The van der Waals surface area contributed by atoms with E-state index in [2.05, 4.69) is 20.9 Å². The average Bonchev–Trinajstić information content (AvgIpc) is 3.01. The molecule has 0 N–H and O–H groups in total. The van der Waals surface area contributed by atoms with Crippen molar-refractivity contribution in [1.29, 1.82) is 5.26 Å². The number of fused-ring (bicyclic) bond motifs is 1. The summed E-state index contributed by atoms with van der Waals surface area (Å²) in [5.74, 6) is -0.114. The summed E-state index contributed by atoms with van der Waals surface area (Å²) in [7, 11) is 0. The van der Waals surface area contributed by atoms with Crippen LogP contribution in [-0.4, -0.2) is 10.8 Å². The fraction of sp³-hybridized carbons (Fsp3) is 0.0714. The summed E-state index contributed by atoms with van der Waals surface area (Å²) < 4.78 is 0.602. The minimum Gasteiger partial charge on any atom is -0.286 e. The van der Waals surface area contributed by atoms with Crippen LogP contribution in [0.25, 0.3) is 5.57 Å². The lowest BCUT2D eigenvalue weighted by Crippen LogP contribution is -2.01. The number of Topliss-reactive ketones (excluding diaryl/α,β-unsaturated/α-hetero) is 1. The van der Waals surface area contributed by atoms with E-state index in [1.54, 1.807) is 0 Å². The number of nitriles is 1. The molecule has 1 aliphatic carbocycles. The Balaban J connectivity index is 2.00. The highest BCUT2D eigenvalue weighted by Crippen LogP contribution is 2.32. The van der Waals surface area contributed by atoms with Crippen molar-refractivity contribution in [3.63, 3.8) is 0 Å². The third-order valence-corrected chi connectivity index (χ3v) is 4.67. The number of thiazole rings is 1. The van der Waals surface area contributed by atoms with Crippen molar-refractivity contribution in [2.24, 2.45) is 0 Å².